The molecule has 0 saturated heterocycles. The molecular formula is C22H20N2O4. The third kappa shape index (κ3) is 3.62. The van der Waals surface area contributed by atoms with Crippen LogP contribution in [-0.4, -0.2) is 31.4 Å². The monoisotopic (exact) mass is 376 g/mol. The summed E-state index contributed by atoms with van der Waals surface area (Å²) < 4.78 is 16.5. The number of hydrogen-bond donors (Lipinski definition) is 1. The number of methoxy groups -OCH3 is 1. The molecule has 142 valence electrons. The van der Waals surface area contributed by atoms with Crippen molar-refractivity contribution in [3.8, 4) is 17.2 Å². The molecule has 0 spiro atoms. The van der Waals surface area contributed by atoms with Crippen LogP contribution in [0.1, 0.15) is 12.5 Å². The summed E-state index contributed by atoms with van der Waals surface area (Å²) in [5.74, 6) is 1.66. The van der Waals surface area contributed by atoms with Gasteiger partial charge in [-0.3, -0.25) is 4.79 Å². The summed E-state index contributed by atoms with van der Waals surface area (Å²) >= 11 is 0. The maximum Gasteiger partial charge on any atom is 0.284 e. The first-order valence-electron chi connectivity index (χ1n) is 8.95. The number of rotatable bonds is 4. The summed E-state index contributed by atoms with van der Waals surface area (Å²) in [4.78, 5) is 12.4. The summed E-state index contributed by atoms with van der Waals surface area (Å²) in [5, 5.41) is 6.37. The van der Waals surface area contributed by atoms with Gasteiger partial charge >= 0.3 is 0 Å². The second-order valence-electron chi connectivity index (χ2n) is 6.47. The summed E-state index contributed by atoms with van der Waals surface area (Å²) in [6.07, 6.45) is -0.740. The van der Waals surface area contributed by atoms with Gasteiger partial charge in [0.05, 0.1) is 12.8 Å². The number of ether oxygens (including phenoxy) is 3. The fourth-order valence-electron chi connectivity index (χ4n) is 3.00. The molecule has 1 aliphatic rings. The van der Waals surface area contributed by atoms with Crippen LogP contribution < -0.4 is 19.6 Å². The summed E-state index contributed by atoms with van der Waals surface area (Å²) in [6, 6.07) is 19.1. The highest BCUT2D eigenvalue weighted by atomic mass is 16.6. The number of amides is 1. The van der Waals surface area contributed by atoms with Gasteiger partial charge in [0.25, 0.3) is 5.91 Å². The van der Waals surface area contributed by atoms with E-state index in [9.17, 15) is 4.79 Å². The molecule has 0 radical (unpaired) electrons. The highest BCUT2D eigenvalue weighted by Crippen LogP contribution is 2.30. The zero-order valence-electron chi connectivity index (χ0n) is 15.6. The molecule has 1 atom stereocenters. The molecule has 6 heteroatoms. The van der Waals surface area contributed by atoms with Crippen molar-refractivity contribution >= 4 is 22.4 Å². The lowest BCUT2D eigenvalue weighted by Gasteiger charge is -2.24. The second kappa shape index (κ2) is 7.60. The molecule has 1 N–H and O–H groups in total. The molecule has 4 rings (SSSR count). The van der Waals surface area contributed by atoms with E-state index in [1.807, 2.05) is 55.5 Å². The van der Waals surface area contributed by atoms with Crippen LogP contribution >= 0.6 is 0 Å². The quantitative estimate of drug-likeness (QED) is 0.559. The normalized spacial score (nSPS) is 15.9. The smallest absolute Gasteiger partial charge is 0.284 e. The first-order valence-corrected chi connectivity index (χ1v) is 8.95. The first kappa shape index (κ1) is 17.9. The predicted molar refractivity (Wildman–Crippen MR) is 107 cm³/mol. The number of hydrazone groups is 1. The number of fused-ring (bicyclic) bond motifs is 2. The van der Waals surface area contributed by atoms with Crippen molar-refractivity contribution in [1.29, 1.82) is 0 Å². The van der Waals surface area contributed by atoms with Gasteiger partial charge < -0.3 is 14.2 Å². The summed E-state index contributed by atoms with van der Waals surface area (Å²) in [6.45, 7) is 1.99. The molecule has 0 aliphatic carbocycles. The van der Waals surface area contributed by atoms with Gasteiger partial charge in [-0.05, 0) is 53.6 Å². The number of nitrogens with zero attached hydrogens (tertiary/aromatic N) is 1. The Kier molecular flexibility index (Phi) is 4.85. The maximum atomic E-state index is 12.4. The van der Waals surface area contributed by atoms with Crippen molar-refractivity contribution in [1.82, 2.24) is 5.43 Å². The Balaban J connectivity index is 1.45. The van der Waals surface area contributed by atoms with Gasteiger partial charge in [-0.1, -0.05) is 30.3 Å². The Morgan fingerprint density at radius 1 is 1.07 bits per heavy atom. The molecule has 6 nitrogen and oxygen atoms in total. The van der Waals surface area contributed by atoms with E-state index in [-0.39, 0.29) is 12.5 Å². The molecule has 3 aromatic rings. The predicted octanol–water partition coefficient (Wildman–Crippen LogP) is 3.53. The van der Waals surface area contributed by atoms with E-state index in [2.05, 4.69) is 10.5 Å². The maximum absolute atomic E-state index is 12.4. The zero-order valence-corrected chi connectivity index (χ0v) is 15.6. The van der Waals surface area contributed by atoms with Crippen LogP contribution in [0.3, 0.4) is 0 Å². The number of benzene rings is 3. The molecule has 0 saturated carbocycles. The highest BCUT2D eigenvalue weighted by Gasteiger charge is 2.27. The summed E-state index contributed by atoms with van der Waals surface area (Å²) in [5.41, 5.74) is 4.19. The minimum atomic E-state index is -0.740. The Morgan fingerprint density at radius 2 is 1.82 bits per heavy atom. The van der Waals surface area contributed by atoms with Gasteiger partial charge in [0.2, 0.25) is 6.10 Å². The lowest BCUT2D eigenvalue weighted by Crippen LogP contribution is -2.42. The number of carbonyl (C=O) groups is 1. The van der Waals surface area contributed by atoms with E-state index in [4.69, 9.17) is 14.2 Å². The van der Waals surface area contributed by atoms with Crippen molar-refractivity contribution in [2.24, 2.45) is 5.10 Å². The van der Waals surface area contributed by atoms with E-state index < -0.39 is 6.10 Å². The van der Waals surface area contributed by atoms with Crippen molar-refractivity contribution in [3.63, 3.8) is 0 Å². The number of nitrogens with one attached hydrogen (secondary N) is 1. The van der Waals surface area contributed by atoms with Crippen LogP contribution in [0.15, 0.2) is 65.8 Å². The van der Waals surface area contributed by atoms with Crippen LogP contribution in [0, 0.1) is 0 Å². The molecule has 3 aromatic carbocycles. The van der Waals surface area contributed by atoms with Crippen LogP contribution in [-0.2, 0) is 4.79 Å². The molecule has 0 bridgehead atoms. The minimum absolute atomic E-state index is 0.148. The summed E-state index contributed by atoms with van der Waals surface area (Å²) in [7, 11) is 1.65. The molecular weight excluding hydrogens is 356 g/mol. The minimum Gasteiger partial charge on any atom is -0.497 e. The molecule has 0 fully saturated rings. The third-order valence-electron chi connectivity index (χ3n) is 4.60. The van der Waals surface area contributed by atoms with E-state index in [0.717, 1.165) is 22.1 Å². The Labute approximate surface area is 162 Å². The van der Waals surface area contributed by atoms with E-state index in [0.29, 0.717) is 17.2 Å². The zero-order chi connectivity index (χ0) is 19.5. The van der Waals surface area contributed by atoms with E-state index in [1.54, 1.807) is 19.2 Å². The fraction of sp³-hybridized carbons (Fsp3) is 0.182. The standard InChI is InChI=1S/C22H20N2O4/c1-14(15-7-8-17-12-18(26-2)10-9-16(17)11-15)23-24-22(25)21-13-27-19-5-3-4-6-20(19)28-21/h3-12,21H,13H2,1-2H3,(H,24,25)/b23-14-/t21-/m1/s1. The van der Waals surface area contributed by atoms with Crippen molar-refractivity contribution in [2.75, 3.05) is 13.7 Å². The van der Waals surface area contributed by atoms with Crippen LogP contribution in [0.5, 0.6) is 17.2 Å². The van der Waals surface area contributed by atoms with Gasteiger partial charge in [0, 0.05) is 0 Å². The molecule has 1 heterocycles. The first-order chi connectivity index (χ1) is 13.6. The van der Waals surface area contributed by atoms with Crippen molar-refractivity contribution in [2.45, 2.75) is 13.0 Å². The second-order valence-corrected chi connectivity index (χ2v) is 6.47. The number of para-hydroxylation sites is 2. The molecule has 0 aromatic heterocycles. The topological polar surface area (TPSA) is 69.2 Å². The van der Waals surface area contributed by atoms with Crippen LogP contribution in [0.2, 0.25) is 0 Å². The van der Waals surface area contributed by atoms with Crippen molar-refractivity contribution in [3.05, 3.63) is 66.2 Å². The molecule has 1 amide bonds. The van der Waals surface area contributed by atoms with Crippen molar-refractivity contribution < 1.29 is 19.0 Å². The van der Waals surface area contributed by atoms with Gasteiger partial charge in [-0.25, -0.2) is 5.43 Å². The van der Waals surface area contributed by atoms with Crippen LogP contribution in [0.25, 0.3) is 10.8 Å². The van der Waals surface area contributed by atoms with E-state index >= 15 is 0 Å². The Bertz CT molecular complexity index is 1060. The number of carbonyl (C=O) groups excluding carboxylic acids is 1. The lowest BCUT2D eigenvalue weighted by atomic mass is 10.0. The average molecular weight is 376 g/mol. The molecule has 0 unspecified atom stereocenters. The number of hydrogen-bond acceptors (Lipinski definition) is 5. The third-order valence-corrected chi connectivity index (χ3v) is 4.60. The average Bonchev–Trinajstić information content (AvgIpc) is 2.76. The van der Waals surface area contributed by atoms with Gasteiger partial charge in [0.1, 0.15) is 12.4 Å². The largest absolute Gasteiger partial charge is 0.497 e. The molecule has 1 aliphatic heterocycles. The highest BCUT2D eigenvalue weighted by molar-refractivity contribution is 6.02. The van der Waals surface area contributed by atoms with Crippen LogP contribution in [0.4, 0.5) is 0 Å². The Hall–Kier alpha value is -3.54. The van der Waals surface area contributed by atoms with Gasteiger partial charge in [-0.15, -0.1) is 0 Å². The van der Waals surface area contributed by atoms with Gasteiger partial charge in [0.15, 0.2) is 11.5 Å². The fourth-order valence-corrected chi connectivity index (χ4v) is 3.00. The lowest BCUT2D eigenvalue weighted by molar-refractivity contribution is -0.130. The Morgan fingerprint density at radius 3 is 2.64 bits per heavy atom. The SMILES string of the molecule is COc1ccc2cc(/C(C)=N\NC(=O)[C@H]3COc4ccccc4O3)ccc2c1. The van der Waals surface area contributed by atoms with Gasteiger partial charge in [-0.2, -0.15) is 5.10 Å². The molecule has 28 heavy (non-hydrogen) atoms. The van der Waals surface area contributed by atoms with E-state index in [1.165, 1.54) is 0 Å².